The Labute approximate surface area is 112 Å². The summed E-state index contributed by atoms with van der Waals surface area (Å²) in [5.74, 6) is -2.21. The molecule has 3 atom stereocenters. The Kier molecular flexibility index (Phi) is 5.28. The zero-order valence-corrected chi connectivity index (χ0v) is 10.7. The van der Waals surface area contributed by atoms with Crippen molar-refractivity contribution in [2.75, 3.05) is 6.54 Å². The van der Waals surface area contributed by atoms with E-state index < -0.39 is 49.2 Å². The molecule has 0 radical (unpaired) electrons. The lowest BCUT2D eigenvalue weighted by molar-refractivity contribution is -0.180. The van der Waals surface area contributed by atoms with Gasteiger partial charge in [-0.3, -0.25) is 4.79 Å². The summed E-state index contributed by atoms with van der Waals surface area (Å²) in [6, 6.07) is -1.98. The number of halogens is 6. The largest absolute Gasteiger partial charge is 0.393 e. The normalized spacial score (nSPS) is 26.1. The highest BCUT2D eigenvalue weighted by Crippen LogP contribution is 2.32. The van der Waals surface area contributed by atoms with Crippen molar-refractivity contribution >= 4 is 5.91 Å². The van der Waals surface area contributed by atoms with Crippen LogP contribution in [0.4, 0.5) is 26.3 Å². The predicted molar refractivity (Wildman–Crippen MR) is 58.8 cm³/mol. The summed E-state index contributed by atoms with van der Waals surface area (Å²) in [5.41, 5.74) is 0. The number of piperidine rings is 1. The topological polar surface area (TPSA) is 41.1 Å². The number of amides is 1. The van der Waals surface area contributed by atoms with Gasteiger partial charge in [-0.1, -0.05) is 0 Å². The molecule has 1 saturated heterocycles. The number of carbonyl (C=O) groups is 1. The Morgan fingerprint density at radius 2 is 1.85 bits per heavy atom. The Morgan fingerprint density at radius 1 is 1.25 bits per heavy atom. The summed E-state index contributed by atoms with van der Waals surface area (Å²) in [4.78, 5) is 11.6. The van der Waals surface area contributed by atoms with Crippen LogP contribution >= 0.6 is 0 Å². The molecule has 0 aromatic rings. The lowest BCUT2D eigenvalue weighted by atomic mass is 9.93. The summed E-state index contributed by atoms with van der Waals surface area (Å²) >= 11 is 0. The van der Waals surface area contributed by atoms with Gasteiger partial charge in [0, 0.05) is 12.6 Å². The molecule has 1 heterocycles. The fourth-order valence-electron chi connectivity index (χ4n) is 2.10. The molecule has 1 aliphatic heterocycles. The minimum Gasteiger partial charge on any atom is -0.352 e. The molecule has 1 fully saturated rings. The second kappa shape index (κ2) is 6.19. The van der Waals surface area contributed by atoms with Gasteiger partial charge in [-0.2, -0.15) is 26.3 Å². The van der Waals surface area contributed by atoms with Crippen molar-refractivity contribution in [1.82, 2.24) is 10.6 Å². The molecule has 3 unspecified atom stereocenters. The Balaban J connectivity index is 2.40. The summed E-state index contributed by atoms with van der Waals surface area (Å²) in [5, 5.41) is 4.59. The quantitative estimate of drug-likeness (QED) is 0.786. The summed E-state index contributed by atoms with van der Waals surface area (Å²) in [6.45, 7) is 0.808. The first kappa shape index (κ1) is 17.1. The lowest BCUT2D eigenvalue weighted by Gasteiger charge is -2.31. The van der Waals surface area contributed by atoms with Gasteiger partial charge in [-0.25, -0.2) is 0 Å². The van der Waals surface area contributed by atoms with Gasteiger partial charge >= 0.3 is 12.4 Å². The number of carbonyl (C=O) groups excluding carboxylic acids is 1. The molecule has 0 aliphatic carbocycles. The van der Waals surface area contributed by atoms with E-state index in [9.17, 15) is 31.1 Å². The van der Waals surface area contributed by atoms with Gasteiger partial charge in [-0.05, 0) is 19.8 Å². The van der Waals surface area contributed by atoms with Gasteiger partial charge in [0.1, 0.15) is 0 Å². The minimum atomic E-state index is -4.39. The van der Waals surface area contributed by atoms with E-state index in [1.54, 1.807) is 0 Å². The van der Waals surface area contributed by atoms with Gasteiger partial charge < -0.3 is 10.6 Å². The van der Waals surface area contributed by atoms with Crippen LogP contribution in [-0.4, -0.2) is 36.9 Å². The van der Waals surface area contributed by atoms with E-state index in [0.29, 0.717) is 0 Å². The van der Waals surface area contributed by atoms with Crippen LogP contribution in [0.5, 0.6) is 0 Å². The smallest absolute Gasteiger partial charge is 0.352 e. The Bertz CT molecular complexity index is 333. The molecule has 20 heavy (non-hydrogen) atoms. The second-order valence-electron chi connectivity index (χ2n) is 5.01. The summed E-state index contributed by atoms with van der Waals surface area (Å²) in [6.07, 6.45) is -10.1. The van der Waals surface area contributed by atoms with Crippen LogP contribution in [0, 0.1) is 5.92 Å². The summed E-state index contributed by atoms with van der Waals surface area (Å²) in [7, 11) is 0. The number of rotatable bonds is 3. The first-order valence-corrected chi connectivity index (χ1v) is 6.16. The van der Waals surface area contributed by atoms with Crippen LogP contribution in [0.1, 0.15) is 26.2 Å². The van der Waals surface area contributed by atoms with Gasteiger partial charge in [-0.15, -0.1) is 0 Å². The SMILES string of the molecule is CC(CC(F)(F)F)NC(=O)C1CCC(C(F)(F)F)CN1. The molecule has 0 aromatic heterocycles. The van der Waals surface area contributed by atoms with Crippen molar-refractivity contribution in [3.8, 4) is 0 Å². The van der Waals surface area contributed by atoms with Crippen molar-refractivity contribution in [3.63, 3.8) is 0 Å². The van der Waals surface area contributed by atoms with Crippen molar-refractivity contribution in [3.05, 3.63) is 0 Å². The second-order valence-corrected chi connectivity index (χ2v) is 5.01. The predicted octanol–water partition coefficient (Wildman–Crippen LogP) is 2.37. The molecule has 1 aliphatic rings. The molecule has 9 heteroatoms. The molecule has 2 N–H and O–H groups in total. The number of alkyl halides is 6. The maximum atomic E-state index is 12.4. The number of hydrogen-bond acceptors (Lipinski definition) is 2. The fraction of sp³-hybridized carbons (Fsp3) is 0.909. The van der Waals surface area contributed by atoms with E-state index in [1.807, 2.05) is 0 Å². The maximum Gasteiger partial charge on any atom is 0.393 e. The van der Waals surface area contributed by atoms with Gasteiger partial charge in [0.05, 0.1) is 18.4 Å². The molecule has 1 amide bonds. The van der Waals surface area contributed by atoms with E-state index in [-0.39, 0.29) is 12.8 Å². The third-order valence-corrected chi connectivity index (χ3v) is 3.12. The molecule has 1 rings (SSSR count). The monoisotopic (exact) mass is 306 g/mol. The van der Waals surface area contributed by atoms with E-state index in [0.717, 1.165) is 0 Å². The Hall–Kier alpha value is -0.990. The third kappa shape index (κ3) is 5.56. The molecule has 0 saturated carbocycles. The molecule has 0 bridgehead atoms. The van der Waals surface area contributed by atoms with Crippen LogP contribution in [0.25, 0.3) is 0 Å². The molecule has 118 valence electrons. The third-order valence-electron chi connectivity index (χ3n) is 3.12. The molecule has 0 aromatic carbocycles. The molecular weight excluding hydrogens is 290 g/mol. The van der Waals surface area contributed by atoms with Gasteiger partial charge in [0.2, 0.25) is 5.91 Å². The van der Waals surface area contributed by atoms with Crippen LogP contribution in [0.2, 0.25) is 0 Å². The van der Waals surface area contributed by atoms with E-state index in [2.05, 4.69) is 10.6 Å². The molecule has 3 nitrogen and oxygen atoms in total. The molecular formula is C11H16F6N2O. The van der Waals surface area contributed by atoms with Crippen LogP contribution in [0.15, 0.2) is 0 Å². The van der Waals surface area contributed by atoms with E-state index >= 15 is 0 Å². The van der Waals surface area contributed by atoms with Crippen LogP contribution < -0.4 is 10.6 Å². The van der Waals surface area contributed by atoms with Gasteiger partial charge in [0.25, 0.3) is 0 Å². The van der Waals surface area contributed by atoms with Crippen molar-refractivity contribution in [2.45, 2.75) is 50.6 Å². The highest BCUT2D eigenvalue weighted by atomic mass is 19.4. The number of nitrogens with one attached hydrogen (secondary N) is 2. The molecule has 0 spiro atoms. The lowest BCUT2D eigenvalue weighted by Crippen LogP contribution is -2.53. The standard InChI is InChI=1S/C11H16F6N2O/c1-6(4-10(12,13)14)19-9(20)8-3-2-7(5-18-8)11(15,16)17/h6-8,18H,2-5H2,1H3,(H,19,20). The van der Waals surface area contributed by atoms with Crippen LogP contribution in [0.3, 0.4) is 0 Å². The first-order chi connectivity index (χ1) is 8.99. The summed E-state index contributed by atoms with van der Waals surface area (Å²) < 4.78 is 73.5. The van der Waals surface area contributed by atoms with E-state index in [1.165, 1.54) is 6.92 Å². The number of hydrogen-bond donors (Lipinski definition) is 2. The Morgan fingerprint density at radius 3 is 2.25 bits per heavy atom. The fourth-order valence-corrected chi connectivity index (χ4v) is 2.10. The van der Waals surface area contributed by atoms with Crippen molar-refractivity contribution < 1.29 is 31.1 Å². The zero-order valence-electron chi connectivity index (χ0n) is 10.7. The highest BCUT2D eigenvalue weighted by molar-refractivity contribution is 5.82. The average molecular weight is 306 g/mol. The zero-order chi connectivity index (χ0) is 15.6. The first-order valence-electron chi connectivity index (χ1n) is 6.16. The average Bonchev–Trinajstić information content (AvgIpc) is 2.25. The van der Waals surface area contributed by atoms with Crippen molar-refractivity contribution in [1.29, 1.82) is 0 Å². The van der Waals surface area contributed by atoms with Crippen LogP contribution in [-0.2, 0) is 4.79 Å². The highest BCUT2D eigenvalue weighted by Gasteiger charge is 2.42. The van der Waals surface area contributed by atoms with Crippen molar-refractivity contribution in [2.24, 2.45) is 5.92 Å². The van der Waals surface area contributed by atoms with E-state index in [4.69, 9.17) is 0 Å². The maximum absolute atomic E-state index is 12.4. The van der Waals surface area contributed by atoms with Gasteiger partial charge in [0.15, 0.2) is 0 Å². The minimum absolute atomic E-state index is 0.0469.